The minimum atomic E-state index is -3.52. The lowest BCUT2D eigenvalue weighted by Crippen LogP contribution is -2.27. The number of carbonyl (C=O) groups is 2. The van der Waals surface area contributed by atoms with E-state index in [0.717, 1.165) is 24.0 Å². The molecule has 0 radical (unpaired) electrons. The summed E-state index contributed by atoms with van der Waals surface area (Å²) in [5, 5.41) is 0. The van der Waals surface area contributed by atoms with Gasteiger partial charge in [-0.2, -0.15) is 4.31 Å². The zero-order valence-electron chi connectivity index (χ0n) is 17.8. The molecule has 0 atom stereocenters. The number of benzene rings is 2. The molecular formula is C23H27NO6S. The molecule has 1 aliphatic rings. The Hall–Kier alpha value is -2.71. The molecule has 7 nitrogen and oxygen atoms in total. The number of ketones is 1. The van der Waals surface area contributed by atoms with Crippen LogP contribution in [0.2, 0.25) is 0 Å². The molecule has 0 spiro atoms. The Bertz CT molecular complexity index is 1040. The van der Waals surface area contributed by atoms with E-state index in [0.29, 0.717) is 24.4 Å². The molecule has 3 rings (SSSR count). The summed E-state index contributed by atoms with van der Waals surface area (Å²) in [5.74, 6) is -0.214. The van der Waals surface area contributed by atoms with E-state index in [1.54, 1.807) is 0 Å². The average Bonchev–Trinajstić information content (AvgIpc) is 3.30. The van der Waals surface area contributed by atoms with Crippen molar-refractivity contribution in [1.82, 2.24) is 4.31 Å². The molecule has 166 valence electrons. The van der Waals surface area contributed by atoms with Crippen LogP contribution < -0.4 is 4.74 Å². The predicted octanol–water partition coefficient (Wildman–Crippen LogP) is 3.28. The average molecular weight is 446 g/mol. The Balaban J connectivity index is 1.46. The van der Waals surface area contributed by atoms with Crippen molar-refractivity contribution in [2.45, 2.75) is 38.0 Å². The fourth-order valence-electron chi connectivity index (χ4n) is 3.30. The van der Waals surface area contributed by atoms with Gasteiger partial charge in [0.15, 0.2) is 12.4 Å². The lowest BCUT2D eigenvalue weighted by Gasteiger charge is -2.15. The second-order valence-corrected chi connectivity index (χ2v) is 9.52. The lowest BCUT2D eigenvalue weighted by atomic mass is 10.1. The summed E-state index contributed by atoms with van der Waals surface area (Å²) in [6.45, 7) is 4.67. The Morgan fingerprint density at radius 3 is 2.35 bits per heavy atom. The van der Waals surface area contributed by atoms with Gasteiger partial charge in [0, 0.05) is 18.7 Å². The van der Waals surface area contributed by atoms with Crippen LogP contribution in [-0.2, 0) is 19.6 Å². The molecule has 1 fully saturated rings. The number of carbonyl (C=O) groups excluding carboxylic acids is 2. The number of ether oxygens (including phenoxy) is 2. The lowest BCUT2D eigenvalue weighted by molar-refractivity contribution is -0.143. The van der Waals surface area contributed by atoms with Crippen molar-refractivity contribution >= 4 is 21.8 Å². The largest absolute Gasteiger partial charge is 0.493 e. The maximum absolute atomic E-state index is 12.5. The fraction of sp³-hybridized carbons (Fsp3) is 0.391. The molecule has 0 bridgehead atoms. The van der Waals surface area contributed by atoms with Crippen molar-refractivity contribution in [1.29, 1.82) is 0 Å². The summed E-state index contributed by atoms with van der Waals surface area (Å²) in [6, 6.07) is 11.6. The van der Waals surface area contributed by atoms with Crippen molar-refractivity contribution in [2.75, 3.05) is 26.3 Å². The standard InChI is InChI=1S/C23H27NO6S/c1-17-5-6-18(2)22(15-17)29-14-11-23(26)30-16-21(25)19-7-9-20(10-8-19)31(27,28)24-12-3-4-13-24/h5-10,15H,3-4,11-14,16H2,1-2H3. The maximum Gasteiger partial charge on any atom is 0.309 e. The summed E-state index contributed by atoms with van der Waals surface area (Å²) in [6.07, 6.45) is 1.74. The Kier molecular flexibility index (Phi) is 7.46. The van der Waals surface area contributed by atoms with Crippen molar-refractivity contribution in [3.8, 4) is 5.75 Å². The van der Waals surface area contributed by atoms with Crippen LogP contribution in [0.4, 0.5) is 0 Å². The van der Waals surface area contributed by atoms with Crippen LogP contribution in [0, 0.1) is 13.8 Å². The monoisotopic (exact) mass is 445 g/mol. The van der Waals surface area contributed by atoms with Crippen LogP contribution in [-0.4, -0.2) is 50.8 Å². The first-order valence-electron chi connectivity index (χ1n) is 10.3. The number of esters is 1. The Morgan fingerprint density at radius 2 is 1.68 bits per heavy atom. The van der Waals surface area contributed by atoms with Crippen molar-refractivity contribution in [3.05, 3.63) is 59.2 Å². The molecule has 0 saturated carbocycles. The molecular weight excluding hydrogens is 418 g/mol. The van der Waals surface area contributed by atoms with Gasteiger partial charge in [-0.15, -0.1) is 0 Å². The van der Waals surface area contributed by atoms with Gasteiger partial charge < -0.3 is 9.47 Å². The number of Topliss-reactive ketones (excluding diaryl/α,β-unsaturated/α-hetero) is 1. The second-order valence-electron chi connectivity index (χ2n) is 7.59. The van der Waals surface area contributed by atoms with E-state index in [1.165, 1.54) is 28.6 Å². The first-order valence-corrected chi connectivity index (χ1v) is 11.7. The topological polar surface area (TPSA) is 90.0 Å². The van der Waals surface area contributed by atoms with Gasteiger partial charge >= 0.3 is 5.97 Å². The van der Waals surface area contributed by atoms with Gasteiger partial charge in [-0.25, -0.2) is 8.42 Å². The first kappa shape index (κ1) is 23.0. The van der Waals surface area contributed by atoms with Crippen LogP contribution in [0.3, 0.4) is 0 Å². The molecule has 31 heavy (non-hydrogen) atoms. The van der Waals surface area contributed by atoms with E-state index in [-0.39, 0.29) is 17.9 Å². The molecule has 0 N–H and O–H groups in total. The van der Waals surface area contributed by atoms with Crippen LogP contribution in [0.1, 0.15) is 40.7 Å². The molecule has 8 heteroatoms. The zero-order valence-corrected chi connectivity index (χ0v) is 18.6. The van der Waals surface area contributed by atoms with Gasteiger partial charge in [-0.1, -0.05) is 12.1 Å². The van der Waals surface area contributed by atoms with Gasteiger partial charge in [-0.3, -0.25) is 9.59 Å². The zero-order chi connectivity index (χ0) is 22.4. The van der Waals surface area contributed by atoms with E-state index in [2.05, 4.69) is 0 Å². The highest BCUT2D eigenvalue weighted by Crippen LogP contribution is 2.21. The molecule has 0 aromatic heterocycles. The third-order valence-electron chi connectivity index (χ3n) is 5.15. The van der Waals surface area contributed by atoms with E-state index in [4.69, 9.17) is 9.47 Å². The number of sulfonamides is 1. The van der Waals surface area contributed by atoms with Crippen LogP contribution in [0.5, 0.6) is 5.75 Å². The minimum absolute atomic E-state index is 0.0215. The van der Waals surface area contributed by atoms with Gasteiger partial charge in [0.1, 0.15) is 5.75 Å². The van der Waals surface area contributed by atoms with Gasteiger partial charge in [-0.05, 0) is 68.1 Å². The third kappa shape index (κ3) is 5.92. The van der Waals surface area contributed by atoms with E-state index in [9.17, 15) is 18.0 Å². The smallest absolute Gasteiger partial charge is 0.309 e. The van der Waals surface area contributed by atoms with Crippen LogP contribution in [0.25, 0.3) is 0 Å². The Morgan fingerprint density at radius 1 is 1.00 bits per heavy atom. The van der Waals surface area contributed by atoms with Gasteiger partial charge in [0.05, 0.1) is 17.9 Å². The highest BCUT2D eigenvalue weighted by atomic mass is 32.2. The molecule has 1 aliphatic heterocycles. The molecule has 0 unspecified atom stereocenters. The normalized spacial score (nSPS) is 14.4. The van der Waals surface area contributed by atoms with E-state index < -0.39 is 28.4 Å². The number of aryl methyl sites for hydroxylation is 2. The Labute approximate surface area is 183 Å². The summed E-state index contributed by atoms with van der Waals surface area (Å²) in [5.41, 5.74) is 2.33. The quantitative estimate of drug-likeness (QED) is 0.435. The molecule has 0 aliphatic carbocycles. The molecule has 0 amide bonds. The summed E-state index contributed by atoms with van der Waals surface area (Å²) in [7, 11) is -3.52. The highest BCUT2D eigenvalue weighted by molar-refractivity contribution is 7.89. The van der Waals surface area contributed by atoms with Gasteiger partial charge in [0.2, 0.25) is 10.0 Å². The van der Waals surface area contributed by atoms with Crippen molar-refractivity contribution in [2.24, 2.45) is 0 Å². The van der Waals surface area contributed by atoms with E-state index >= 15 is 0 Å². The summed E-state index contributed by atoms with van der Waals surface area (Å²) < 4.78 is 37.2. The van der Waals surface area contributed by atoms with E-state index in [1.807, 2.05) is 32.0 Å². The SMILES string of the molecule is Cc1ccc(C)c(OCCC(=O)OCC(=O)c2ccc(S(=O)(=O)N3CCCC3)cc2)c1. The molecule has 2 aromatic rings. The predicted molar refractivity (Wildman–Crippen MR) is 116 cm³/mol. The fourth-order valence-corrected chi connectivity index (χ4v) is 4.82. The third-order valence-corrected chi connectivity index (χ3v) is 7.06. The van der Waals surface area contributed by atoms with Crippen LogP contribution in [0.15, 0.2) is 47.4 Å². The maximum atomic E-state index is 12.5. The van der Waals surface area contributed by atoms with Crippen LogP contribution >= 0.6 is 0 Å². The molecule has 1 saturated heterocycles. The van der Waals surface area contributed by atoms with Crippen molar-refractivity contribution in [3.63, 3.8) is 0 Å². The molecule has 1 heterocycles. The minimum Gasteiger partial charge on any atom is -0.493 e. The number of nitrogens with zero attached hydrogens (tertiary/aromatic N) is 1. The highest BCUT2D eigenvalue weighted by Gasteiger charge is 2.27. The summed E-state index contributed by atoms with van der Waals surface area (Å²) in [4.78, 5) is 24.3. The number of hydrogen-bond donors (Lipinski definition) is 0. The first-order chi connectivity index (χ1) is 14.8. The molecule has 2 aromatic carbocycles. The second kappa shape index (κ2) is 10.1. The summed E-state index contributed by atoms with van der Waals surface area (Å²) >= 11 is 0. The number of rotatable bonds is 9. The van der Waals surface area contributed by atoms with Gasteiger partial charge in [0.25, 0.3) is 0 Å². The number of hydrogen-bond acceptors (Lipinski definition) is 6. The van der Waals surface area contributed by atoms with Crippen molar-refractivity contribution < 1.29 is 27.5 Å².